The summed E-state index contributed by atoms with van der Waals surface area (Å²) in [5.74, 6) is 3.92. The van der Waals surface area contributed by atoms with Gasteiger partial charge in [-0.1, -0.05) is 59.8 Å². The molecule has 0 aromatic rings. The van der Waals surface area contributed by atoms with Gasteiger partial charge in [0, 0.05) is 25.2 Å². The SMILES string of the molecule is CCCCCCCCNCCC[C@@H](C)[C@H]1CC[C@H]2[C@@H]3[C@H](OCCCN)C[C@@H]4CC(OCCCN)CC[C@]4(C)[C@H]3C[C@H](OCCCN)[C@]12C. The maximum atomic E-state index is 7.03. The summed E-state index contributed by atoms with van der Waals surface area (Å²) in [6, 6.07) is 0. The number of ether oxygens (including phenoxy) is 3. The average molecular weight is 677 g/mol. The van der Waals surface area contributed by atoms with Crippen LogP contribution < -0.4 is 22.5 Å². The van der Waals surface area contributed by atoms with E-state index in [1.54, 1.807) is 0 Å². The maximum Gasteiger partial charge on any atom is 0.0637 e. The van der Waals surface area contributed by atoms with Crippen molar-refractivity contribution in [3.05, 3.63) is 0 Å². The quantitative estimate of drug-likeness (QED) is 0.0786. The lowest BCUT2D eigenvalue weighted by Crippen LogP contribution is -2.63. The summed E-state index contributed by atoms with van der Waals surface area (Å²) in [4.78, 5) is 0. The number of fused-ring (bicyclic) bond motifs is 5. The Kier molecular flexibility index (Phi) is 17.4. The van der Waals surface area contributed by atoms with E-state index in [0.29, 0.717) is 78.9 Å². The number of nitrogens with two attached hydrogens (primary N) is 3. The molecule has 0 spiro atoms. The molecule has 4 rings (SSSR count). The van der Waals surface area contributed by atoms with Crippen LogP contribution in [0.15, 0.2) is 0 Å². The molecule has 0 aliphatic heterocycles. The summed E-state index contributed by atoms with van der Waals surface area (Å²) in [6.07, 6.45) is 23.2. The first-order chi connectivity index (χ1) is 23.3. The minimum Gasteiger partial charge on any atom is -0.378 e. The third-order valence-electron chi connectivity index (χ3n) is 14.2. The zero-order chi connectivity index (χ0) is 34.4. The van der Waals surface area contributed by atoms with Crippen molar-refractivity contribution in [2.45, 2.75) is 162 Å². The standard InChI is InChI=1S/C41H80N4O3/c1-5-6-7-8-9-10-23-45-24-11-15-31(2)34-16-17-35-39-36(30-38(41(34,35)4)48-27-14-22-44)40(3)19-18-33(46-25-12-20-42)28-32(40)29-37(39)47-26-13-21-43/h31-39,45H,5-30,42-44H2,1-4H3/t31-,32+,33?,34-,35+,36+,37-,38+,39+,40+,41-/m1/s1. The summed E-state index contributed by atoms with van der Waals surface area (Å²) >= 11 is 0. The lowest BCUT2D eigenvalue weighted by molar-refractivity contribution is -0.227. The van der Waals surface area contributed by atoms with Crippen LogP contribution in [-0.2, 0) is 14.2 Å². The van der Waals surface area contributed by atoms with Gasteiger partial charge in [-0.3, -0.25) is 0 Å². The van der Waals surface area contributed by atoms with E-state index in [0.717, 1.165) is 52.0 Å². The van der Waals surface area contributed by atoms with Gasteiger partial charge in [0.15, 0.2) is 0 Å². The zero-order valence-electron chi connectivity index (χ0n) is 32.0. The van der Waals surface area contributed by atoms with Gasteiger partial charge in [-0.05, 0) is 157 Å². The molecule has 4 aliphatic rings. The molecular weight excluding hydrogens is 596 g/mol. The predicted octanol–water partition coefficient (Wildman–Crippen LogP) is 7.43. The molecule has 11 atom stereocenters. The van der Waals surface area contributed by atoms with Crippen LogP contribution in [0.5, 0.6) is 0 Å². The monoisotopic (exact) mass is 677 g/mol. The maximum absolute atomic E-state index is 7.03. The molecule has 4 saturated carbocycles. The molecule has 282 valence electrons. The highest BCUT2D eigenvalue weighted by Crippen LogP contribution is 2.69. The first-order valence-electron chi connectivity index (χ1n) is 21.0. The molecule has 7 N–H and O–H groups in total. The van der Waals surface area contributed by atoms with Crippen LogP contribution >= 0.6 is 0 Å². The molecule has 7 heteroatoms. The van der Waals surface area contributed by atoms with Crippen LogP contribution in [0.25, 0.3) is 0 Å². The second-order valence-corrected chi connectivity index (χ2v) is 17.1. The molecule has 4 aliphatic carbocycles. The lowest BCUT2D eigenvalue weighted by Gasteiger charge is -2.65. The first kappa shape index (κ1) is 40.5. The minimum atomic E-state index is 0.183. The van der Waals surface area contributed by atoms with Gasteiger partial charge in [-0.15, -0.1) is 0 Å². The van der Waals surface area contributed by atoms with E-state index in [2.05, 4.69) is 33.0 Å². The van der Waals surface area contributed by atoms with E-state index in [9.17, 15) is 0 Å². The Balaban J connectivity index is 1.46. The van der Waals surface area contributed by atoms with Crippen LogP contribution in [0, 0.1) is 46.3 Å². The van der Waals surface area contributed by atoms with E-state index in [1.165, 1.54) is 96.4 Å². The van der Waals surface area contributed by atoms with Gasteiger partial charge in [0.2, 0.25) is 0 Å². The Morgan fingerprint density at radius 1 is 0.708 bits per heavy atom. The molecular formula is C41H80N4O3. The highest BCUT2D eigenvalue weighted by Gasteiger charge is 2.66. The van der Waals surface area contributed by atoms with Crippen LogP contribution in [-0.4, -0.2) is 70.9 Å². The van der Waals surface area contributed by atoms with E-state index in [-0.39, 0.29) is 5.41 Å². The second kappa shape index (κ2) is 20.7. The molecule has 48 heavy (non-hydrogen) atoms. The Morgan fingerprint density at radius 3 is 2.10 bits per heavy atom. The molecule has 0 amide bonds. The third kappa shape index (κ3) is 9.98. The zero-order valence-corrected chi connectivity index (χ0v) is 32.0. The lowest BCUT2D eigenvalue weighted by atomic mass is 9.43. The fraction of sp³-hybridized carbons (Fsp3) is 1.00. The van der Waals surface area contributed by atoms with Gasteiger partial charge < -0.3 is 36.7 Å². The van der Waals surface area contributed by atoms with Crippen molar-refractivity contribution >= 4 is 0 Å². The molecule has 7 nitrogen and oxygen atoms in total. The fourth-order valence-corrected chi connectivity index (χ4v) is 11.5. The third-order valence-corrected chi connectivity index (χ3v) is 14.2. The second-order valence-electron chi connectivity index (χ2n) is 17.1. The summed E-state index contributed by atoms with van der Waals surface area (Å²) in [6.45, 7) is 17.0. The highest BCUT2D eigenvalue weighted by molar-refractivity contribution is 5.15. The van der Waals surface area contributed by atoms with Crippen LogP contribution in [0.4, 0.5) is 0 Å². The Hall–Kier alpha value is -0.280. The van der Waals surface area contributed by atoms with Crippen LogP contribution in [0.1, 0.15) is 143 Å². The van der Waals surface area contributed by atoms with Gasteiger partial charge in [0.1, 0.15) is 0 Å². The van der Waals surface area contributed by atoms with E-state index >= 15 is 0 Å². The summed E-state index contributed by atoms with van der Waals surface area (Å²) in [5, 5.41) is 3.77. The van der Waals surface area contributed by atoms with Crippen molar-refractivity contribution in [2.24, 2.45) is 63.5 Å². The number of unbranched alkanes of at least 4 members (excludes halogenated alkanes) is 5. The molecule has 0 aromatic carbocycles. The van der Waals surface area contributed by atoms with E-state index in [1.807, 2.05) is 0 Å². The fourth-order valence-electron chi connectivity index (χ4n) is 11.5. The molecule has 0 aromatic heterocycles. The molecule has 0 heterocycles. The topological polar surface area (TPSA) is 118 Å². The van der Waals surface area contributed by atoms with Crippen molar-refractivity contribution in [1.29, 1.82) is 0 Å². The van der Waals surface area contributed by atoms with Gasteiger partial charge in [0.05, 0.1) is 18.3 Å². The smallest absolute Gasteiger partial charge is 0.0637 e. The van der Waals surface area contributed by atoms with Gasteiger partial charge in [-0.25, -0.2) is 0 Å². The Bertz CT molecular complexity index is 879. The number of nitrogens with one attached hydrogen (secondary N) is 1. The largest absolute Gasteiger partial charge is 0.378 e. The van der Waals surface area contributed by atoms with Crippen molar-refractivity contribution in [3.8, 4) is 0 Å². The van der Waals surface area contributed by atoms with E-state index < -0.39 is 0 Å². The predicted molar refractivity (Wildman–Crippen MR) is 201 cm³/mol. The normalized spacial score (nSPS) is 36.8. The van der Waals surface area contributed by atoms with Crippen molar-refractivity contribution in [1.82, 2.24) is 5.32 Å². The van der Waals surface area contributed by atoms with Crippen molar-refractivity contribution in [2.75, 3.05) is 52.5 Å². The number of hydrogen-bond donors (Lipinski definition) is 4. The minimum absolute atomic E-state index is 0.183. The molecule has 0 radical (unpaired) electrons. The van der Waals surface area contributed by atoms with Crippen LogP contribution in [0.3, 0.4) is 0 Å². The van der Waals surface area contributed by atoms with Crippen LogP contribution in [0.2, 0.25) is 0 Å². The number of rotatable bonds is 24. The Labute approximate surface area is 296 Å². The summed E-state index contributed by atoms with van der Waals surface area (Å²) < 4.78 is 20.4. The molecule has 1 unspecified atom stereocenters. The number of hydrogen-bond acceptors (Lipinski definition) is 7. The molecule has 0 bridgehead atoms. The van der Waals surface area contributed by atoms with Gasteiger partial charge >= 0.3 is 0 Å². The van der Waals surface area contributed by atoms with Gasteiger partial charge in [-0.2, -0.15) is 0 Å². The molecule has 0 saturated heterocycles. The Morgan fingerprint density at radius 2 is 1.38 bits per heavy atom. The highest BCUT2D eigenvalue weighted by atomic mass is 16.5. The van der Waals surface area contributed by atoms with Gasteiger partial charge in [0.25, 0.3) is 0 Å². The van der Waals surface area contributed by atoms with Crippen molar-refractivity contribution in [3.63, 3.8) is 0 Å². The first-order valence-corrected chi connectivity index (χ1v) is 21.0. The van der Waals surface area contributed by atoms with Crippen molar-refractivity contribution < 1.29 is 14.2 Å². The molecule has 4 fully saturated rings. The van der Waals surface area contributed by atoms with E-state index in [4.69, 9.17) is 31.4 Å². The summed E-state index contributed by atoms with van der Waals surface area (Å²) in [7, 11) is 0. The average Bonchev–Trinajstić information content (AvgIpc) is 3.44. The summed E-state index contributed by atoms with van der Waals surface area (Å²) in [5.41, 5.74) is 18.3.